The third kappa shape index (κ3) is 4.30. The first-order valence-electron chi connectivity index (χ1n) is 8.77. The van der Waals surface area contributed by atoms with Crippen molar-refractivity contribution in [3.63, 3.8) is 0 Å². The molecule has 5 heteroatoms. The molecule has 1 aromatic heterocycles. The highest BCUT2D eigenvalue weighted by Crippen LogP contribution is 2.19. The van der Waals surface area contributed by atoms with E-state index in [0.717, 1.165) is 29.0 Å². The van der Waals surface area contributed by atoms with E-state index in [9.17, 15) is 4.79 Å². The van der Waals surface area contributed by atoms with Gasteiger partial charge in [-0.05, 0) is 42.7 Å². The molecule has 1 unspecified atom stereocenters. The average Bonchev–Trinajstić information content (AvgIpc) is 3.21. The van der Waals surface area contributed by atoms with Gasteiger partial charge in [0.25, 0.3) is 5.91 Å². The molecular formula is C21H23N3O2. The first kappa shape index (κ1) is 17.7. The molecule has 134 valence electrons. The summed E-state index contributed by atoms with van der Waals surface area (Å²) >= 11 is 0. The van der Waals surface area contributed by atoms with Gasteiger partial charge in [-0.15, -0.1) is 0 Å². The van der Waals surface area contributed by atoms with Crippen LogP contribution in [0.15, 0.2) is 67.3 Å². The fourth-order valence-electron chi connectivity index (χ4n) is 2.69. The summed E-state index contributed by atoms with van der Waals surface area (Å²) < 4.78 is 7.77. The molecule has 0 saturated carbocycles. The molecule has 26 heavy (non-hydrogen) atoms. The smallest absolute Gasteiger partial charge is 0.261 e. The molecule has 0 aliphatic heterocycles. The van der Waals surface area contributed by atoms with Gasteiger partial charge in [0.05, 0.1) is 6.33 Å². The highest BCUT2D eigenvalue weighted by Gasteiger charge is 2.15. The van der Waals surface area contributed by atoms with Crippen molar-refractivity contribution < 1.29 is 9.53 Å². The van der Waals surface area contributed by atoms with Crippen LogP contribution in [0.2, 0.25) is 0 Å². The Bertz CT molecular complexity index is 842. The standard InChI is InChI=1S/C21H23N3O2/c1-3-18-6-4-5-7-20(18)26-16(2)21(25)23-14-17-8-10-19(11-9-17)24-13-12-22-15-24/h4-13,15-16H,3,14H2,1-2H3,(H,23,25). The van der Waals surface area contributed by atoms with E-state index in [4.69, 9.17) is 4.74 Å². The summed E-state index contributed by atoms with van der Waals surface area (Å²) in [4.78, 5) is 16.4. The highest BCUT2D eigenvalue weighted by atomic mass is 16.5. The first-order chi connectivity index (χ1) is 12.7. The van der Waals surface area contributed by atoms with Crippen molar-refractivity contribution in [1.29, 1.82) is 0 Å². The van der Waals surface area contributed by atoms with Crippen LogP contribution in [0.3, 0.4) is 0 Å². The van der Waals surface area contributed by atoms with Crippen molar-refractivity contribution in [2.24, 2.45) is 0 Å². The van der Waals surface area contributed by atoms with Crippen LogP contribution in [0.4, 0.5) is 0 Å². The average molecular weight is 349 g/mol. The fraction of sp³-hybridized carbons (Fsp3) is 0.238. The van der Waals surface area contributed by atoms with E-state index in [1.807, 2.05) is 59.3 Å². The second-order valence-corrected chi connectivity index (χ2v) is 6.08. The van der Waals surface area contributed by atoms with Gasteiger partial charge in [0.2, 0.25) is 0 Å². The van der Waals surface area contributed by atoms with Gasteiger partial charge < -0.3 is 14.6 Å². The molecule has 0 fully saturated rings. The minimum atomic E-state index is -0.548. The van der Waals surface area contributed by atoms with Crippen molar-refractivity contribution in [2.75, 3.05) is 0 Å². The number of amides is 1. The Hall–Kier alpha value is -3.08. The van der Waals surface area contributed by atoms with Gasteiger partial charge in [-0.2, -0.15) is 0 Å². The van der Waals surface area contributed by atoms with Gasteiger partial charge in [-0.3, -0.25) is 4.79 Å². The van der Waals surface area contributed by atoms with Gasteiger partial charge in [0, 0.05) is 24.6 Å². The molecule has 0 radical (unpaired) electrons. The number of benzene rings is 2. The van der Waals surface area contributed by atoms with Crippen molar-refractivity contribution in [3.05, 3.63) is 78.4 Å². The number of aryl methyl sites for hydroxylation is 1. The lowest BCUT2D eigenvalue weighted by molar-refractivity contribution is -0.127. The minimum Gasteiger partial charge on any atom is -0.481 e. The molecule has 0 saturated heterocycles. The summed E-state index contributed by atoms with van der Waals surface area (Å²) in [6, 6.07) is 15.8. The van der Waals surface area contributed by atoms with Crippen molar-refractivity contribution >= 4 is 5.91 Å². The number of carbonyl (C=O) groups is 1. The lowest BCUT2D eigenvalue weighted by Crippen LogP contribution is -2.36. The molecule has 0 aliphatic rings. The lowest BCUT2D eigenvalue weighted by Gasteiger charge is -2.17. The van der Waals surface area contributed by atoms with E-state index in [2.05, 4.69) is 17.2 Å². The largest absolute Gasteiger partial charge is 0.481 e. The maximum atomic E-state index is 12.3. The molecule has 2 aromatic carbocycles. The summed E-state index contributed by atoms with van der Waals surface area (Å²) in [6.07, 6.45) is 5.71. The second kappa shape index (κ2) is 8.34. The lowest BCUT2D eigenvalue weighted by atomic mass is 10.1. The zero-order valence-electron chi connectivity index (χ0n) is 15.1. The normalized spacial score (nSPS) is 11.8. The molecule has 1 N–H and O–H groups in total. The van der Waals surface area contributed by atoms with Gasteiger partial charge >= 0.3 is 0 Å². The molecule has 1 amide bonds. The maximum Gasteiger partial charge on any atom is 0.261 e. The Morgan fingerprint density at radius 2 is 1.96 bits per heavy atom. The van der Waals surface area contributed by atoms with E-state index >= 15 is 0 Å². The third-order valence-electron chi connectivity index (χ3n) is 4.23. The number of hydrogen-bond acceptors (Lipinski definition) is 3. The number of rotatable bonds is 7. The van der Waals surface area contributed by atoms with E-state index in [-0.39, 0.29) is 5.91 Å². The van der Waals surface area contributed by atoms with Gasteiger partial charge in [0.1, 0.15) is 5.75 Å². The Kier molecular flexibility index (Phi) is 5.69. The zero-order chi connectivity index (χ0) is 18.4. The van der Waals surface area contributed by atoms with Crippen LogP contribution in [0, 0.1) is 0 Å². The summed E-state index contributed by atoms with van der Waals surface area (Å²) in [5.41, 5.74) is 3.16. The number of para-hydroxylation sites is 1. The Balaban J connectivity index is 1.54. The summed E-state index contributed by atoms with van der Waals surface area (Å²) in [5, 5.41) is 2.93. The SMILES string of the molecule is CCc1ccccc1OC(C)C(=O)NCc1ccc(-n2ccnc2)cc1. The molecule has 5 nitrogen and oxygen atoms in total. The van der Waals surface area contributed by atoms with E-state index < -0.39 is 6.10 Å². The molecule has 0 spiro atoms. The van der Waals surface area contributed by atoms with Crippen LogP contribution in [-0.4, -0.2) is 21.6 Å². The second-order valence-electron chi connectivity index (χ2n) is 6.08. The Labute approximate surface area is 153 Å². The van der Waals surface area contributed by atoms with Crippen LogP contribution in [0.25, 0.3) is 5.69 Å². The summed E-state index contributed by atoms with van der Waals surface area (Å²) in [6.45, 7) is 4.30. The number of aromatic nitrogens is 2. The first-order valence-corrected chi connectivity index (χ1v) is 8.77. The van der Waals surface area contributed by atoms with Gasteiger partial charge in [-0.25, -0.2) is 4.98 Å². The van der Waals surface area contributed by atoms with Gasteiger partial charge in [0.15, 0.2) is 6.10 Å². The fourth-order valence-corrected chi connectivity index (χ4v) is 2.69. The number of nitrogens with one attached hydrogen (secondary N) is 1. The quantitative estimate of drug-likeness (QED) is 0.710. The van der Waals surface area contributed by atoms with Crippen molar-refractivity contribution in [2.45, 2.75) is 32.9 Å². The monoisotopic (exact) mass is 349 g/mol. The molecular weight excluding hydrogens is 326 g/mol. The number of carbonyl (C=O) groups excluding carboxylic acids is 1. The number of hydrogen-bond donors (Lipinski definition) is 1. The van der Waals surface area contributed by atoms with Crippen LogP contribution < -0.4 is 10.1 Å². The van der Waals surface area contributed by atoms with Crippen LogP contribution >= 0.6 is 0 Å². The highest BCUT2D eigenvalue weighted by molar-refractivity contribution is 5.80. The van der Waals surface area contributed by atoms with E-state index in [1.165, 1.54) is 0 Å². The van der Waals surface area contributed by atoms with Gasteiger partial charge in [-0.1, -0.05) is 37.3 Å². The molecule has 1 heterocycles. The molecule has 3 aromatic rings. The molecule has 3 rings (SSSR count). The predicted octanol–water partition coefficient (Wildman–Crippen LogP) is 3.52. The molecule has 0 aliphatic carbocycles. The Morgan fingerprint density at radius 1 is 1.19 bits per heavy atom. The number of imidazole rings is 1. The summed E-state index contributed by atoms with van der Waals surface area (Å²) in [7, 11) is 0. The minimum absolute atomic E-state index is 0.130. The zero-order valence-corrected chi connectivity index (χ0v) is 15.1. The number of nitrogens with zero attached hydrogens (tertiary/aromatic N) is 2. The topological polar surface area (TPSA) is 56.1 Å². The van der Waals surface area contributed by atoms with E-state index in [1.54, 1.807) is 19.4 Å². The third-order valence-corrected chi connectivity index (χ3v) is 4.23. The predicted molar refractivity (Wildman–Crippen MR) is 101 cm³/mol. The molecule has 0 bridgehead atoms. The van der Waals surface area contributed by atoms with Crippen LogP contribution in [-0.2, 0) is 17.8 Å². The van der Waals surface area contributed by atoms with E-state index in [0.29, 0.717) is 6.54 Å². The van der Waals surface area contributed by atoms with Crippen molar-refractivity contribution in [3.8, 4) is 11.4 Å². The van der Waals surface area contributed by atoms with Crippen LogP contribution in [0.5, 0.6) is 5.75 Å². The number of ether oxygens (including phenoxy) is 1. The molecule has 1 atom stereocenters. The Morgan fingerprint density at radius 3 is 2.65 bits per heavy atom. The van der Waals surface area contributed by atoms with Crippen molar-refractivity contribution in [1.82, 2.24) is 14.9 Å². The van der Waals surface area contributed by atoms with Crippen LogP contribution in [0.1, 0.15) is 25.0 Å². The summed E-state index contributed by atoms with van der Waals surface area (Å²) in [5.74, 6) is 0.636. The maximum absolute atomic E-state index is 12.3.